The summed E-state index contributed by atoms with van der Waals surface area (Å²) in [5.41, 5.74) is 6.44. The highest BCUT2D eigenvalue weighted by atomic mass is 16.5. The molecule has 2 aliphatic rings. The molecule has 0 bridgehead atoms. The van der Waals surface area contributed by atoms with E-state index in [-0.39, 0.29) is 5.54 Å². The summed E-state index contributed by atoms with van der Waals surface area (Å²) in [7, 11) is 0. The van der Waals surface area contributed by atoms with Gasteiger partial charge in [-0.2, -0.15) is 0 Å². The van der Waals surface area contributed by atoms with E-state index in [1.807, 2.05) is 0 Å². The Labute approximate surface area is 80.8 Å². The molecule has 2 nitrogen and oxygen atoms in total. The molecule has 2 heteroatoms. The Bertz CT molecular complexity index is 157. The number of rotatable bonds is 1. The average Bonchev–Trinajstić information content (AvgIpc) is 2.20. The van der Waals surface area contributed by atoms with E-state index in [0.29, 0.717) is 0 Å². The van der Waals surface area contributed by atoms with Crippen molar-refractivity contribution in [1.29, 1.82) is 0 Å². The van der Waals surface area contributed by atoms with Gasteiger partial charge in [-0.1, -0.05) is 19.3 Å². The van der Waals surface area contributed by atoms with Crippen molar-refractivity contribution in [3.05, 3.63) is 0 Å². The second-order valence-electron chi connectivity index (χ2n) is 4.72. The Kier molecular flexibility index (Phi) is 2.89. The quantitative estimate of drug-likeness (QED) is 0.675. The van der Waals surface area contributed by atoms with Crippen LogP contribution in [0.25, 0.3) is 0 Å². The molecule has 1 saturated heterocycles. The van der Waals surface area contributed by atoms with Crippen LogP contribution in [0.15, 0.2) is 0 Å². The third-order valence-corrected chi connectivity index (χ3v) is 3.72. The van der Waals surface area contributed by atoms with E-state index in [4.69, 9.17) is 10.5 Å². The van der Waals surface area contributed by atoms with Crippen molar-refractivity contribution in [2.75, 3.05) is 13.2 Å². The summed E-state index contributed by atoms with van der Waals surface area (Å²) in [5, 5.41) is 0. The zero-order valence-corrected chi connectivity index (χ0v) is 8.43. The Morgan fingerprint density at radius 3 is 2.46 bits per heavy atom. The zero-order valence-electron chi connectivity index (χ0n) is 8.43. The van der Waals surface area contributed by atoms with Crippen molar-refractivity contribution in [3.63, 3.8) is 0 Å². The predicted octanol–water partition coefficient (Wildman–Crippen LogP) is 2.07. The molecule has 1 aliphatic heterocycles. The van der Waals surface area contributed by atoms with Crippen LogP contribution in [-0.2, 0) is 4.74 Å². The standard InChI is InChI=1S/C11H21NO/c12-11(7-4-8-13-9-11)10-5-2-1-3-6-10/h10H,1-9,12H2. The lowest BCUT2D eigenvalue weighted by Gasteiger charge is -2.42. The Balaban J connectivity index is 1.94. The van der Waals surface area contributed by atoms with Crippen LogP contribution in [0.4, 0.5) is 0 Å². The van der Waals surface area contributed by atoms with Gasteiger partial charge in [0.2, 0.25) is 0 Å². The summed E-state index contributed by atoms with van der Waals surface area (Å²) in [6.45, 7) is 1.73. The van der Waals surface area contributed by atoms with E-state index in [9.17, 15) is 0 Å². The second kappa shape index (κ2) is 3.97. The van der Waals surface area contributed by atoms with Crippen molar-refractivity contribution in [1.82, 2.24) is 0 Å². The number of hydrogen-bond donors (Lipinski definition) is 1. The molecule has 0 amide bonds. The molecular weight excluding hydrogens is 162 g/mol. The first-order chi connectivity index (χ1) is 6.31. The molecular formula is C11H21NO. The minimum absolute atomic E-state index is 0.0265. The maximum Gasteiger partial charge on any atom is 0.0648 e. The van der Waals surface area contributed by atoms with Crippen LogP contribution in [0.5, 0.6) is 0 Å². The van der Waals surface area contributed by atoms with Crippen LogP contribution in [0, 0.1) is 5.92 Å². The fourth-order valence-electron chi connectivity index (χ4n) is 2.84. The molecule has 0 aromatic carbocycles. The normalized spacial score (nSPS) is 37.6. The fraction of sp³-hybridized carbons (Fsp3) is 1.00. The molecule has 1 atom stereocenters. The van der Waals surface area contributed by atoms with Gasteiger partial charge in [-0.3, -0.25) is 0 Å². The van der Waals surface area contributed by atoms with Crippen LogP contribution in [0.1, 0.15) is 44.9 Å². The molecule has 0 aromatic rings. The van der Waals surface area contributed by atoms with Gasteiger partial charge in [0.15, 0.2) is 0 Å². The molecule has 2 fully saturated rings. The first-order valence-electron chi connectivity index (χ1n) is 5.68. The van der Waals surface area contributed by atoms with Crippen molar-refractivity contribution in [3.8, 4) is 0 Å². The van der Waals surface area contributed by atoms with Gasteiger partial charge < -0.3 is 10.5 Å². The first-order valence-corrected chi connectivity index (χ1v) is 5.68. The molecule has 0 spiro atoms. The average molecular weight is 183 g/mol. The van der Waals surface area contributed by atoms with Crippen LogP contribution < -0.4 is 5.73 Å². The molecule has 76 valence electrons. The maximum absolute atomic E-state index is 6.41. The zero-order chi connectivity index (χ0) is 9.15. The van der Waals surface area contributed by atoms with Gasteiger partial charge in [-0.05, 0) is 31.6 Å². The number of nitrogens with two attached hydrogens (primary N) is 1. The highest BCUT2D eigenvalue weighted by molar-refractivity contribution is 4.94. The van der Waals surface area contributed by atoms with Gasteiger partial charge in [0.05, 0.1) is 6.61 Å². The summed E-state index contributed by atoms with van der Waals surface area (Å²) in [4.78, 5) is 0. The lowest BCUT2D eigenvalue weighted by atomic mass is 9.73. The molecule has 2 rings (SSSR count). The van der Waals surface area contributed by atoms with E-state index < -0.39 is 0 Å². The van der Waals surface area contributed by atoms with E-state index in [1.54, 1.807) is 0 Å². The van der Waals surface area contributed by atoms with Crippen molar-refractivity contribution in [2.24, 2.45) is 11.7 Å². The molecule has 0 radical (unpaired) electrons. The van der Waals surface area contributed by atoms with E-state index in [0.717, 1.165) is 25.6 Å². The smallest absolute Gasteiger partial charge is 0.0648 e. The summed E-state index contributed by atoms with van der Waals surface area (Å²) in [5.74, 6) is 0.738. The Morgan fingerprint density at radius 2 is 1.85 bits per heavy atom. The van der Waals surface area contributed by atoms with Gasteiger partial charge in [-0.15, -0.1) is 0 Å². The van der Waals surface area contributed by atoms with Crippen LogP contribution >= 0.6 is 0 Å². The molecule has 1 unspecified atom stereocenters. The van der Waals surface area contributed by atoms with Crippen molar-refractivity contribution < 1.29 is 4.74 Å². The lowest BCUT2D eigenvalue weighted by molar-refractivity contribution is 0.00237. The molecule has 1 heterocycles. The molecule has 2 N–H and O–H groups in total. The summed E-state index contributed by atoms with van der Waals surface area (Å²) in [6, 6.07) is 0. The van der Waals surface area contributed by atoms with Gasteiger partial charge in [0.1, 0.15) is 0 Å². The van der Waals surface area contributed by atoms with Gasteiger partial charge >= 0.3 is 0 Å². The summed E-state index contributed by atoms with van der Waals surface area (Å²) in [6.07, 6.45) is 9.17. The molecule has 0 aromatic heterocycles. The van der Waals surface area contributed by atoms with Crippen LogP contribution in [0.3, 0.4) is 0 Å². The molecule has 1 saturated carbocycles. The van der Waals surface area contributed by atoms with Gasteiger partial charge in [0.25, 0.3) is 0 Å². The maximum atomic E-state index is 6.41. The minimum Gasteiger partial charge on any atom is -0.380 e. The monoisotopic (exact) mass is 183 g/mol. The van der Waals surface area contributed by atoms with Crippen molar-refractivity contribution in [2.45, 2.75) is 50.5 Å². The predicted molar refractivity (Wildman–Crippen MR) is 53.5 cm³/mol. The molecule has 13 heavy (non-hydrogen) atoms. The lowest BCUT2D eigenvalue weighted by Crippen LogP contribution is -2.53. The third kappa shape index (κ3) is 2.05. The van der Waals surface area contributed by atoms with Gasteiger partial charge in [-0.25, -0.2) is 0 Å². The fourth-order valence-corrected chi connectivity index (χ4v) is 2.84. The SMILES string of the molecule is NC1(C2CCCCC2)CCCOC1. The van der Waals surface area contributed by atoms with E-state index in [2.05, 4.69) is 0 Å². The largest absolute Gasteiger partial charge is 0.380 e. The Morgan fingerprint density at radius 1 is 1.08 bits per heavy atom. The topological polar surface area (TPSA) is 35.2 Å². The highest BCUT2D eigenvalue weighted by Gasteiger charge is 2.37. The minimum atomic E-state index is 0.0265. The molecule has 1 aliphatic carbocycles. The highest BCUT2D eigenvalue weighted by Crippen LogP contribution is 2.35. The summed E-state index contributed by atoms with van der Waals surface area (Å²) < 4.78 is 5.51. The first kappa shape index (κ1) is 9.47. The van der Waals surface area contributed by atoms with Crippen LogP contribution in [0.2, 0.25) is 0 Å². The van der Waals surface area contributed by atoms with Crippen LogP contribution in [-0.4, -0.2) is 18.8 Å². The third-order valence-electron chi connectivity index (χ3n) is 3.72. The second-order valence-corrected chi connectivity index (χ2v) is 4.72. The summed E-state index contributed by atoms with van der Waals surface area (Å²) >= 11 is 0. The van der Waals surface area contributed by atoms with Crippen molar-refractivity contribution >= 4 is 0 Å². The van der Waals surface area contributed by atoms with E-state index >= 15 is 0 Å². The Hall–Kier alpha value is -0.0800. The number of ether oxygens (including phenoxy) is 1. The van der Waals surface area contributed by atoms with Gasteiger partial charge in [0, 0.05) is 12.1 Å². The number of hydrogen-bond acceptors (Lipinski definition) is 2. The van der Waals surface area contributed by atoms with E-state index in [1.165, 1.54) is 38.5 Å².